The van der Waals surface area contributed by atoms with Crippen LogP contribution in [0.3, 0.4) is 0 Å². The molecule has 0 aromatic carbocycles. The highest BCUT2D eigenvalue weighted by molar-refractivity contribution is 5.71. The number of ether oxygens (including phenoxy) is 3. The summed E-state index contributed by atoms with van der Waals surface area (Å²) < 4.78 is 16.9. The number of rotatable bonds is 61. The first-order chi connectivity index (χ1) is 37.5. The topological polar surface area (TPSA) is 78.9 Å². The van der Waals surface area contributed by atoms with Crippen molar-refractivity contribution in [3.8, 4) is 0 Å². The first-order valence-corrected chi connectivity index (χ1v) is 33.3. The molecule has 1 atom stereocenters. The maximum absolute atomic E-state index is 12.9. The van der Waals surface area contributed by atoms with E-state index in [2.05, 4.69) is 81.5 Å². The quantitative estimate of drug-likeness (QED) is 0.0261. The maximum Gasteiger partial charge on any atom is 0.306 e. The zero-order valence-electron chi connectivity index (χ0n) is 50.8. The van der Waals surface area contributed by atoms with Crippen molar-refractivity contribution in [3.05, 3.63) is 60.8 Å². The van der Waals surface area contributed by atoms with E-state index in [9.17, 15) is 14.4 Å². The third kappa shape index (κ3) is 62.0. The SMILES string of the molecule is CC/C=C\C/C=C\C/C=C\C/C=C\CCCCCCCCCCCCCCCCC(=O)OCC(COC(=O)CCCCCCC/C=C\CCC)OC(=O)CCCCCCCCCCCCCCCCCCCCCCC. The van der Waals surface area contributed by atoms with Crippen LogP contribution >= 0.6 is 0 Å². The second-order valence-electron chi connectivity index (χ2n) is 22.4. The molecule has 1 unspecified atom stereocenters. The van der Waals surface area contributed by atoms with Crippen LogP contribution in [0.5, 0.6) is 0 Å². The molecule has 0 amide bonds. The molecule has 0 aliphatic rings. The first-order valence-electron chi connectivity index (χ1n) is 33.3. The van der Waals surface area contributed by atoms with Crippen LogP contribution in [0.25, 0.3) is 0 Å². The average molecular weight is 1060 g/mol. The van der Waals surface area contributed by atoms with Gasteiger partial charge in [0.05, 0.1) is 0 Å². The van der Waals surface area contributed by atoms with E-state index >= 15 is 0 Å². The van der Waals surface area contributed by atoms with Crippen molar-refractivity contribution in [2.45, 2.75) is 354 Å². The van der Waals surface area contributed by atoms with Gasteiger partial charge in [-0.2, -0.15) is 0 Å². The minimum atomic E-state index is -0.775. The first kappa shape index (κ1) is 73.1. The molecule has 0 bridgehead atoms. The number of hydrogen-bond acceptors (Lipinski definition) is 6. The van der Waals surface area contributed by atoms with Gasteiger partial charge in [-0.05, 0) is 77.0 Å². The lowest BCUT2D eigenvalue weighted by Crippen LogP contribution is -2.30. The Morgan fingerprint density at radius 2 is 0.539 bits per heavy atom. The van der Waals surface area contributed by atoms with Crippen molar-refractivity contribution < 1.29 is 28.6 Å². The number of esters is 3. The van der Waals surface area contributed by atoms with Crippen LogP contribution in [0.15, 0.2) is 60.8 Å². The number of allylic oxidation sites excluding steroid dienone is 10. The van der Waals surface area contributed by atoms with Crippen molar-refractivity contribution in [2.75, 3.05) is 13.2 Å². The summed E-state index contributed by atoms with van der Waals surface area (Å²) in [7, 11) is 0. The summed E-state index contributed by atoms with van der Waals surface area (Å²) in [6, 6.07) is 0. The molecule has 0 saturated carbocycles. The molecular weight excluding hydrogens is 937 g/mol. The molecule has 0 heterocycles. The second kappa shape index (κ2) is 64.6. The molecule has 0 saturated heterocycles. The van der Waals surface area contributed by atoms with Gasteiger partial charge in [0.25, 0.3) is 0 Å². The van der Waals surface area contributed by atoms with E-state index in [4.69, 9.17) is 14.2 Å². The lowest BCUT2D eigenvalue weighted by molar-refractivity contribution is -0.167. The van der Waals surface area contributed by atoms with Crippen molar-refractivity contribution in [1.82, 2.24) is 0 Å². The van der Waals surface area contributed by atoms with Crippen LogP contribution in [0, 0.1) is 0 Å². The molecule has 6 nitrogen and oxygen atoms in total. The molecule has 0 rings (SSSR count). The molecule has 0 fully saturated rings. The Hall–Kier alpha value is -2.89. The van der Waals surface area contributed by atoms with Gasteiger partial charge in [0.2, 0.25) is 0 Å². The average Bonchev–Trinajstić information content (AvgIpc) is 3.42. The normalized spacial score (nSPS) is 12.4. The number of unbranched alkanes of at least 4 members (excludes halogenated alkanes) is 40. The summed E-state index contributed by atoms with van der Waals surface area (Å²) >= 11 is 0. The van der Waals surface area contributed by atoms with Crippen LogP contribution in [-0.4, -0.2) is 37.2 Å². The van der Waals surface area contributed by atoms with E-state index in [1.54, 1.807) is 0 Å². The summed E-state index contributed by atoms with van der Waals surface area (Å²) in [4.78, 5) is 38.3. The fourth-order valence-electron chi connectivity index (χ4n) is 9.79. The number of carbonyl (C=O) groups excluding carboxylic acids is 3. The van der Waals surface area contributed by atoms with Gasteiger partial charge in [-0.3, -0.25) is 14.4 Å². The van der Waals surface area contributed by atoms with Gasteiger partial charge in [0, 0.05) is 19.3 Å². The van der Waals surface area contributed by atoms with Crippen LogP contribution < -0.4 is 0 Å². The Morgan fingerprint density at radius 1 is 0.276 bits per heavy atom. The van der Waals surface area contributed by atoms with Crippen LogP contribution in [-0.2, 0) is 28.6 Å². The highest BCUT2D eigenvalue weighted by Gasteiger charge is 2.19. The Bertz CT molecular complexity index is 1360. The largest absolute Gasteiger partial charge is 0.462 e. The molecule has 0 spiro atoms. The maximum atomic E-state index is 12.9. The third-order valence-corrected chi connectivity index (χ3v) is 14.7. The molecule has 0 aromatic rings. The molecular formula is C70H126O6. The minimum Gasteiger partial charge on any atom is -0.462 e. The van der Waals surface area contributed by atoms with Gasteiger partial charge in [-0.15, -0.1) is 0 Å². The molecule has 0 radical (unpaired) electrons. The molecule has 6 heteroatoms. The summed E-state index contributed by atoms with van der Waals surface area (Å²) in [5, 5.41) is 0. The van der Waals surface area contributed by atoms with Crippen molar-refractivity contribution in [2.24, 2.45) is 0 Å². The third-order valence-electron chi connectivity index (χ3n) is 14.7. The predicted molar refractivity (Wildman–Crippen MR) is 330 cm³/mol. The molecule has 0 N–H and O–H groups in total. The van der Waals surface area contributed by atoms with E-state index < -0.39 is 6.10 Å². The Balaban J connectivity index is 4.17. The number of carbonyl (C=O) groups is 3. The highest BCUT2D eigenvalue weighted by atomic mass is 16.6. The van der Waals surface area contributed by atoms with Crippen LogP contribution in [0.1, 0.15) is 348 Å². The molecule has 0 aromatic heterocycles. The van der Waals surface area contributed by atoms with E-state index in [0.717, 1.165) is 96.3 Å². The van der Waals surface area contributed by atoms with Crippen LogP contribution in [0.2, 0.25) is 0 Å². The molecule has 0 aliphatic heterocycles. The Morgan fingerprint density at radius 3 is 0.868 bits per heavy atom. The van der Waals surface area contributed by atoms with Gasteiger partial charge in [0.15, 0.2) is 6.10 Å². The van der Waals surface area contributed by atoms with E-state index in [-0.39, 0.29) is 31.1 Å². The van der Waals surface area contributed by atoms with E-state index in [1.807, 2.05) is 0 Å². The lowest BCUT2D eigenvalue weighted by atomic mass is 10.0. The molecule has 76 heavy (non-hydrogen) atoms. The smallest absolute Gasteiger partial charge is 0.306 e. The zero-order valence-corrected chi connectivity index (χ0v) is 50.8. The monoisotopic (exact) mass is 1060 g/mol. The van der Waals surface area contributed by atoms with Crippen molar-refractivity contribution in [1.29, 1.82) is 0 Å². The van der Waals surface area contributed by atoms with E-state index in [0.29, 0.717) is 19.3 Å². The van der Waals surface area contributed by atoms with Gasteiger partial charge < -0.3 is 14.2 Å². The summed E-state index contributed by atoms with van der Waals surface area (Å²) in [5.41, 5.74) is 0. The molecule has 442 valence electrons. The highest BCUT2D eigenvalue weighted by Crippen LogP contribution is 2.18. The summed E-state index contributed by atoms with van der Waals surface area (Å²) in [5.74, 6) is -0.864. The molecule has 0 aliphatic carbocycles. The van der Waals surface area contributed by atoms with Gasteiger partial charge in [-0.25, -0.2) is 0 Å². The van der Waals surface area contributed by atoms with Crippen molar-refractivity contribution >= 4 is 17.9 Å². The Labute approximate surface area is 472 Å². The second-order valence-corrected chi connectivity index (χ2v) is 22.4. The fraction of sp³-hybridized carbons (Fsp3) is 0.814. The van der Waals surface area contributed by atoms with Crippen molar-refractivity contribution in [3.63, 3.8) is 0 Å². The van der Waals surface area contributed by atoms with Crippen LogP contribution in [0.4, 0.5) is 0 Å². The summed E-state index contributed by atoms with van der Waals surface area (Å²) in [6.45, 7) is 6.51. The minimum absolute atomic E-state index is 0.0729. The standard InChI is InChI=1S/C70H126O6/c1-4-7-10-13-16-19-22-24-26-28-30-32-33-34-35-36-37-39-40-42-44-46-48-51-54-57-60-63-69(72)75-66-67(65-74-68(71)62-59-56-53-50-21-18-15-12-9-6-3)76-70(73)64-61-58-55-52-49-47-45-43-41-38-31-29-27-25-23-20-17-14-11-8-5-2/h7,10,12,15-16,19,24,26,30,32,67H,4-6,8-9,11,13-14,17-18,20-23,25,27-29,31,33-66H2,1-3H3/b10-7-,15-12-,19-16-,26-24-,32-30-. The van der Waals surface area contributed by atoms with Gasteiger partial charge >= 0.3 is 17.9 Å². The lowest BCUT2D eigenvalue weighted by Gasteiger charge is -2.18. The van der Waals surface area contributed by atoms with Gasteiger partial charge in [-0.1, -0.05) is 313 Å². The zero-order chi connectivity index (χ0) is 55.0. The fourth-order valence-corrected chi connectivity index (χ4v) is 9.79. The number of hydrogen-bond donors (Lipinski definition) is 0. The summed E-state index contributed by atoms with van der Waals surface area (Å²) in [6.07, 6.45) is 82.5. The predicted octanol–water partition coefficient (Wildman–Crippen LogP) is 22.7. The Kier molecular flexibility index (Phi) is 62.2. The van der Waals surface area contributed by atoms with E-state index in [1.165, 1.54) is 212 Å². The van der Waals surface area contributed by atoms with Gasteiger partial charge in [0.1, 0.15) is 13.2 Å².